The molecule has 1 fully saturated rings. The quantitative estimate of drug-likeness (QED) is 0.757. The van der Waals surface area contributed by atoms with Crippen LogP contribution in [-0.2, 0) is 11.8 Å². The average molecular weight is 331 g/mol. The second kappa shape index (κ2) is 7.94. The van der Waals surface area contributed by atoms with Crippen molar-refractivity contribution in [2.45, 2.75) is 44.8 Å². The van der Waals surface area contributed by atoms with Crippen LogP contribution in [0.4, 0.5) is 0 Å². The van der Waals surface area contributed by atoms with E-state index in [9.17, 15) is 9.90 Å². The Morgan fingerprint density at radius 3 is 2.86 bits per heavy atom. The summed E-state index contributed by atoms with van der Waals surface area (Å²) in [6, 6.07) is -0.414. The third-order valence-corrected chi connectivity index (χ3v) is 4.56. The molecule has 0 aromatic carbocycles. The summed E-state index contributed by atoms with van der Waals surface area (Å²) in [4.78, 5) is 12.4. The Bertz CT molecular complexity index is 494. The lowest BCUT2D eigenvalue weighted by atomic mass is 9.73. The van der Waals surface area contributed by atoms with Crippen LogP contribution in [0.15, 0.2) is 12.4 Å². The number of halogens is 1. The molecule has 0 bridgehead atoms. The number of aliphatic hydroxyl groups is 1. The molecule has 0 saturated heterocycles. The molecule has 1 saturated carbocycles. The molecule has 22 heavy (non-hydrogen) atoms. The fourth-order valence-corrected chi connectivity index (χ4v) is 3.02. The molecule has 1 aliphatic rings. The summed E-state index contributed by atoms with van der Waals surface area (Å²) < 4.78 is 1.68. The van der Waals surface area contributed by atoms with E-state index in [0.717, 1.165) is 31.2 Å². The molecule has 3 N–H and O–H groups in total. The number of carbonyl (C=O) groups excluding carboxylic acids is 1. The molecule has 3 atom stereocenters. The highest BCUT2D eigenvalue weighted by Crippen LogP contribution is 2.35. The lowest BCUT2D eigenvalue weighted by Crippen LogP contribution is -2.47. The van der Waals surface area contributed by atoms with Crippen molar-refractivity contribution >= 4 is 18.3 Å². The third-order valence-electron chi connectivity index (χ3n) is 4.56. The van der Waals surface area contributed by atoms with Crippen molar-refractivity contribution in [3.63, 3.8) is 0 Å². The first-order valence-corrected chi connectivity index (χ1v) is 7.58. The van der Waals surface area contributed by atoms with E-state index in [1.54, 1.807) is 17.9 Å². The molecule has 126 valence electrons. The predicted octanol–water partition coefficient (Wildman–Crippen LogP) is 1.16. The van der Waals surface area contributed by atoms with E-state index in [4.69, 9.17) is 0 Å². The van der Waals surface area contributed by atoms with E-state index in [1.165, 1.54) is 0 Å². The molecule has 3 unspecified atom stereocenters. The van der Waals surface area contributed by atoms with Crippen LogP contribution in [0.1, 0.15) is 44.2 Å². The lowest BCUT2D eigenvalue weighted by molar-refractivity contribution is -0.124. The van der Waals surface area contributed by atoms with Gasteiger partial charge >= 0.3 is 0 Å². The highest BCUT2D eigenvalue weighted by Gasteiger charge is 2.36. The molecule has 1 aliphatic carbocycles. The Hall–Kier alpha value is -1.11. The first-order chi connectivity index (χ1) is 9.96. The van der Waals surface area contributed by atoms with Gasteiger partial charge in [0.25, 0.3) is 0 Å². The fourth-order valence-electron chi connectivity index (χ4n) is 3.02. The summed E-state index contributed by atoms with van der Waals surface area (Å²) in [5.74, 6) is -0.0792. The lowest BCUT2D eigenvalue weighted by Gasteiger charge is -2.38. The van der Waals surface area contributed by atoms with E-state index >= 15 is 0 Å². The molecular formula is C15H27ClN4O2. The predicted molar refractivity (Wildman–Crippen MR) is 87.8 cm³/mol. The Balaban J connectivity index is 0.00000242. The maximum atomic E-state index is 12.4. The van der Waals surface area contributed by atoms with Gasteiger partial charge in [-0.25, -0.2) is 0 Å². The fraction of sp³-hybridized carbons (Fsp3) is 0.733. The van der Waals surface area contributed by atoms with Gasteiger partial charge < -0.3 is 15.7 Å². The number of nitrogens with one attached hydrogen (secondary N) is 2. The minimum atomic E-state index is -0.414. The number of nitrogens with zero attached hydrogens (tertiary/aromatic N) is 2. The average Bonchev–Trinajstić information content (AvgIpc) is 2.87. The van der Waals surface area contributed by atoms with Gasteiger partial charge in [0, 0.05) is 30.8 Å². The van der Waals surface area contributed by atoms with Crippen molar-refractivity contribution in [3.8, 4) is 0 Å². The largest absolute Gasteiger partial charge is 0.392 e. The maximum Gasteiger partial charge on any atom is 0.241 e. The number of aromatic nitrogens is 2. The molecule has 1 amide bonds. The van der Waals surface area contributed by atoms with Crippen LogP contribution in [0, 0.1) is 5.41 Å². The Labute approximate surface area is 138 Å². The third kappa shape index (κ3) is 4.21. The molecule has 1 aromatic rings. The minimum absolute atomic E-state index is 0. The molecule has 1 heterocycles. The van der Waals surface area contributed by atoms with Gasteiger partial charge in [-0.2, -0.15) is 5.10 Å². The highest BCUT2D eigenvalue weighted by molar-refractivity contribution is 5.85. The highest BCUT2D eigenvalue weighted by atomic mass is 35.5. The monoisotopic (exact) mass is 330 g/mol. The van der Waals surface area contributed by atoms with Crippen LogP contribution in [0.25, 0.3) is 0 Å². The van der Waals surface area contributed by atoms with Crippen LogP contribution < -0.4 is 10.6 Å². The van der Waals surface area contributed by atoms with Crippen LogP contribution in [0.5, 0.6) is 0 Å². The van der Waals surface area contributed by atoms with E-state index < -0.39 is 6.04 Å². The first kappa shape index (κ1) is 18.9. The number of aryl methyl sites for hydroxylation is 1. The second-order valence-corrected chi connectivity index (χ2v) is 6.30. The summed E-state index contributed by atoms with van der Waals surface area (Å²) >= 11 is 0. The Morgan fingerprint density at radius 1 is 1.59 bits per heavy atom. The number of hydrogen-bond acceptors (Lipinski definition) is 4. The summed E-state index contributed by atoms with van der Waals surface area (Å²) in [6.45, 7) is 2.56. The van der Waals surface area contributed by atoms with E-state index in [-0.39, 0.29) is 29.8 Å². The molecule has 2 rings (SSSR count). The molecule has 0 aliphatic heterocycles. The standard InChI is InChI=1S/C15H26N4O2.ClH/c1-15(7-5-4-6-12(15)20)10-17-14(21)13(16-2)11-8-18-19(3)9-11;/h8-9,12-13,16,20H,4-7,10H2,1-3H3,(H,17,21);1H. The topological polar surface area (TPSA) is 79.2 Å². The van der Waals surface area contributed by atoms with Crippen molar-refractivity contribution in [2.75, 3.05) is 13.6 Å². The second-order valence-electron chi connectivity index (χ2n) is 6.30. The molecule has 6 nitrogen and oxygen atoms in total. The van der Waals surface area contributed by atoms with E-state index in [0.29, 0.717) is 6.54 Å². The number of aliphatic hydroxyl groups excluding tert-OH is 1. The SMILES string of the molecule is CNC(C(=O)NCC1(C)CCCCC1O)c1cnn(C)c1.Cl. The van der Waals surface area contributed by atoms with Gasteiger partial charge in [-0.05, 0) is 19.9 Å². The van der Waals surface area contributed by atoms with Crippen LogP contribution in [0.2, 0.25) is 0 Å². The van der Waals surface area contributed by atoms with Gasteiger partial charge in [-0.1, -0.05) is 19.8 Å². The smallest absolute Gasteiger partial charge is 0.241 e. The molecule has 1 aromatic heterocycles. The zero-order valence-corrected chi connectivity index (χ0v) is 14.3. The molecule has 0 spiro atoms. The van der Waals surface area contributed by atoms with Crippen LogP contribution in [0.3, 0.4) is 0 Å². The number of likely N-dealkylation sites (N-methyl/N-ethyl adjacent to an activating group) is 1. The molecular weight excluding hydrogens is 304 g/mol. The number of amides is 1. The van der Waals surface area contributed by atoms with Crippen molar-refractivity contribution in [1.82, 2.24) is 20.4 Å². The van der Waals surface area contributed by atoms with Crippen molar-refractivity contribution < 1.29 is 9.90 Å². The van der Waals surface area contributed by atoms with Gasteiger partial charge in [-0.3, -0.25) is 9.48 Å². The summed E-state index contributed by atoms with van der Waals surface area (Å²) in [6.07, 6.45) is 7.14. The normalized spacial score (nSPS) is 26.1. The van der Waals surface area contributed by atoms with E-state index in [2.05, 4.69) is 22.7 Å². The number of hydrogen-bond donors (Lipinski definition) is 3. The molecule has 0 radical (unpaired) electrons. The summed E-state index contributed by atoms with van der Waals surface area (Å²) in [5, 5.41) is 20.3. The van der Waals surface area contributed by atoms with Crippen molar-refractivity contribution in [3.05, 3.63) is 18.0 Å². The minimum Gasteiger partial charge on any atom is -0.392 e. The van der Waals surface area contributed by atoms with Gasteiger partial charge in [0.2, 0.25) is 5.91 Å². The van der Waals surface area contributed by atoms with Gasteiger partial charge in [-0.15, -0.1) is 12.4 Å². The van der Waals surface area contributed by atoms with Crippen molar-refractivity contribution in [2.24, 2.45) is 12.5 Å². The Morgan fingerprint density at radius 2 is 2.32 bits per heavy atom. The van der Waals surface area contributed by atoms with Crippen molar-refractivity contribution in [1.29, 1.82) is 0 Å². The van der Waals surface area contributed by atoms with Gasteiger partial charge in [0.05, 0.1) is 12.3 Å². The van der Waals surface area contributed by atoms with Crippen LogP contribution >= 0.6 is 12.4 Å². The zero-order chi connectivity index (χ0) is 15.5. The summed E-state index contributed by atoms with van der Waals surface area (Å²) in [7, 11) is 3.59. The number of rotatable bonds is 5. The van der Waals surface area contributed by atoms with Crippen LogP contribution in [-0.4, -0.2) is 40.5 Å². The molecule has 7 heteroatoms. The maximum absolute atomic E-state index is 12.4. The first-order valence-electron chi connectivity index (χ1n) is 7.58. The van der Waals surface area contributed by atoms with Gasteiger partial charge in [0.1, 0.15) is 6.04 Å². The van der Waals surface area contributed by atoms with Gasteiger partial charge in [0.15, 0.2) is 0 Å². The Kier molecular flexibility index (Phi) is 6.84. The number of carbonyl (C=O) groups is 1. The summed E-state index contributed by atoms with van der Waals surface area (Å²) in [5.41, 5.74) is 0.619. The zero-order valence-electron chi connectivity index (χ0n) is 13.5. The van der Waals surface area contributed by atoms with E-state index in [1.807, 2.05) is 13.2 Å².